The molecule has 0 bridgehead atoms. The van der Waals surface area contributed by atoms with Gasteiger partial charge < -0.3 is 10.5 Å². The molecule has 0 aliphatic rings. The SMILES string of the molecule is Cc1ccc(C(C)C)cc1OCc1c(N)cccc1Br. The van der Waals surface area contributed by atoms with Crippen LogP contribution in [0.5, 0.6) is 5.75 Å². The molecule has 2 N–H and O–H groups in total. The molecule has 2 nitrogen and oxygen atoms in total. The molecule has 0 amide bonds. The van der Waals surface area contributed by atoms with E-state index in [9.17, 15) is 0 Å². The highest BCUT2D eigenvalue weighted by molar-refractivity contribution is 9.10. The zero-order valence-corrected chi connectivity index (χ0v) is 13.7. The molecule has 0 spiro atoms. The maximum absolute atomic E-state index is 5.99. The summed E-state index contributed by atoms with van der Waals surface area (Å²) in [6.07, 6.45) is 0. The summed E-state index contributed by atoms with van der Waals surface area (Å²) in [5.74, 6) is 1.41. The molecule has 0 aliphatic heterocycles. The second-order valence-electron chi connectivity index (χ2n) is 5.28. The second kappa shape index (κ2) is 6.31. The Morgan fingerprint density at radius 1 is 1.20 bits per heavy atom. The van der Waals surface area contributed by atoms with Crippen LogP contribution in [-0.2, 0) is 6.61 Å². The van der Waals surface area contributed by atoms with Gasteiger partial charge >= 0.3 is 0 Å². The van der Waals surface area contributed by atoms with Crippen LogP contribution in [0, 0.1) is 6.92 Å². The van der Waals surface area contributed by atoms with E-state index in [-0.39, 0.29) is 0 Å². The first kappa shape index (κ1) is 14.9. The Hall–Kier alpha value is -1.48. The van der Waals surface area contributed by atoms with Crippen molar-refractivity contribution in [2.75, 3.05) is 5.73 Å². The molecule has 20 heavy (non-hydrogen) atoms. The van der Waals surface area contributed by atoms with Crippen molar-refractivity contribution in [3.8, 4) is 5.75 Å². The van der Waals surface area contributed by atoms with Gasteiger partial charge in [-0.15, -0.1) is 0 Å². The predicted octanol–water partition coefficient (Wildman–Crippen LogP) is 5.04. The van der Waals surface area contributed by atoms with Gasteiger partial charge in [0, 0.05) is 15.7 Å². The maximum atomic E-state index is 5.99. The van der Waals surface area contributed by atoms with Gasteiger partial charge in [-0.05, 0) is 42.2 Å². The van der Waals surface area contributed by atoms with Gasteiger partial charge in [-0.1, -0.05) is 48.0 Å². The third kappa shape index (κ3) is 3.34. The van der Waals surface area contributed by atoms with Crippen LogP contribution < -0.4 is 10.5 Å². The van der Waals surface area contributed by atoms with E-state index in [1.807, 2.05) is 18.2 Å². The molecule has 0 heterocycles. The normalized spacial score (nSPS) is 10.8. The largest absolute Gasteiger partial charge is 0.489 e. The number of aryl methyl sites for hydroxylation is 1. The fraction of sp³-hybridized carbons (Fsp3) is 0.294. The first-order valence-electron chi connectivity index (χ1n) is 6.75. The third-order valence-electron chi connectivity index (χ3n) is 3.41. The average molecular weight is 334 g/mol. The van der Waals surface area contributed by atoms with E-state index < -0.39 is 0 Å². The zero-order chi connectivity index (χ0) is 14.7. The minimum atomic E-state index is 0.468. The number of hydrogen-bond acceptors (Lipinski definition) is 2. The summed E-state index contributed by atoms with van der Waals surface area (Å²) < 4.78 is 6.95. The van der Waals surface area contributed by atoms with Gasteiger partial charge in [-0.25, -0.2) is 0 Å². The molecule has 0 fully saturated rings. The third-order valence-corrected chi connectivity index (χ3v) is 4.15. The van der Waals surface area contributed by atoms with Crippen LogP contribution in [0.1, 0.15) is 36.5 Å². The number of hydrogen-bond donors (Lipinski definition) is 1. The van der Waals surface area contributed by atoms with Crippen LogP contribution >= 0.6 is 15.9 Å². The van der Waals surface area contributed by atoms with Crippen LogP contribution in [0.2, 0.25) is 0 Å². The maximum Gasteiger partial charge on any atom is 0.123 e. The van der Waals surface area contributed by atoms with Crippen molar-refractivity contribution < 1.29 is 4.74 Å². The van der Waals surface area contributed by atoms with Gasteiger partial charge in [0.15, 0.2) is 0 Å². The Balaban J connectivity index is 2.20. The van der Waals surface area contributed by atoms with E-state index in [1.54, 1.807) is 0 Å². The Morgan fingerprint density at radius 3 is 2.60 bits per heavy atom. The van der Waals surface area contributed by atoms with Crippen LogP contribution in [0.3, 0.4) is 0 Å². The van der Waals surface area contributed by atoms with Gasteiger partial charge in [-0.3, -0.25) is 0 Å². The van der Waals surface area contributed by atoms with Crippen molar-refractivity contribution in [2.45, 2.75) is 33.3 Å². The van der Waals surface area contributed by atoms with Crippen LogP contribution in [0.25, 0.3) is 0 Å². The number of nitrogen functional groups attached to an aromatic ring is 1. The predicted molar refractivity (Wildman–Crippen MR) is 88.2 cm³/mol. The van der Waals surface area contributed by atoms with Crippen molar-refractivity contribution in [3.63, 3.8) is 0 Å². The van der Waals surface area contributed by atoms with Crippen molar-refractivity contribution in [1.82, 2.24) is 0 Å². The summed E-state index contributed by atoms with van der Waals surface area (Å²) >= 11 is 3.52. The minimum absolute atomic E-state index is 0.468. The van der Waals surface area contributed by atoms with E-state index in [2.05, 4.69) is 54.9 Å². The summed E-state index contributed by atoms with van der Waals surface area (Å²) in [5.41, 5.74) is 10.1. The van der Waals surface area contributed by atoms with Crippen molar-refractivity contribution in [1.29, 1.82) is 0 Å². The lowest BCUT2D eigenvalue weighted by atomic mass is 10.0. The Bertz CT molecular complexity index is 588. The molecule has 0 aliphatic carbocycles. The van der Waals surface area contributed by atoms with Crippen molar-refractivity contribution in [3.05, 3.63) is 57.6 Å². The van der Waals surface area contributed by atoms with Crippen molar-refractivity contribution >= 4 is 21.6 Å². The minimum Gasteiger partial charge on any atom is -0.489 e. The number of nitrogens with two attached hydrogens (primary N) is 1. The number of ether oxygens (including phenoxy) is 1. The summed E-state index contributed by atoms with van der Waals surface area (Å²) in [4.78, 5) is 0. The standard InChI is InChI=1S/C17H20BrNO/c1-11(2)13-8-7-12(3)17(9-13)20-10-14-15(18)5-4-6-16(14)19/h4-9,11H,10,19H2,1-3H3. The Labute approximate surface area is 129 Å². The Kier molecular flexibility index (Phi) is 4.71. The lowest BCUT2D eigenvalue weighted by Gasteiger charge is -2.14. The average Bonchev–Trinajstić information content (AvgIpc) is 2.39. The van der Waals surface area contributed by atoms with E-state index in [0.29, 0.717) is 12.5 Å². The highest BCUT2D eigenvalue weighted by Gasteiger charge is 2.08. The molecule has 0 unspecified atom stereocenters. The number of rotatable bonds is 4. The number of benzene rings is 2. The second-order valence-corrected chi connectivity index (χ2v) is 6.13. The summed E-state index contributed by atoms with van der Waals surface area (Å²) in [6, 6.07) is 12.2. The van der Waals surface area contributed by atoms with E-state index in [1.165, 1.54) is 5.56 Å². The summed E-state index contributed by atoms with van der Waals surface area (Å²) in [7, 11) is 0. The molecule has 2 aromatic carbocycles. The van der Waals surface area contributed by atoms with Gasteiger partial charge in [0.05, 0.1) is 0 Å². The van der Waals surface area contributed by atoms with Crippen LogP contribution in [0.15, 0.2) is 40.9 Å². The lowest BCUT2D eigenvalue weighted by molar-refractivity contribution is 0.303. The topological polar surface area (TPSA) is 35.2 Å². The molecule has 0 radical (unpaired) electrons. The quantitative estimate of drug-likeness (QED) is 0.795. The first-order valence-corrected chi connectivity index (χ1v) is 7.54. The van der Waals surface area contributed by atoms with Crippen molar-refractivity contribution in [2.24, 2.45) is 0 Å². The molecule has 0 saturated carbocycles. The fourth-order valence-corrected chi connectivity index (χ4v) is 2.50. The van der Waals surface area contributed by atoms with Gasteiger partial charge in [0.1, 0.15) is 12.4 Å². The van der Waals surface area contributed by atoms with Gasteiger partial charge in [-0.2, -0.15) is 0 Å². The molecule has 3 heteroatoms. The molecular weight excluding hydrogens is 314 g/mol. The van der Waals surface area contributed by atoms with Gasteiger partial charge in [0.2, 0.25) is 0 Å². The van der Waals surface area contributed by atoms with E-state index in [0.717, 1.165) is 27.0 Å². The summed E-state index contributed by atoms with van der Waals surface area (Å²) in [5, 5.41) is 0. The number of halogens is 1. The molecule has 0 aromatic heterocycles. The molecule has 2 aromatic rings. The van der Waals surface area contributed by atoms with Crippen LogP contribution in [0.4, 0.5) is 5.69 Å². The Morgan fingerprint density at radius 2 is 1.95 bits per heavy atom. The van der Waals surface area contributed by atoms with E-state index in [4.69, 9.17) is 10.5 Å². The summed E-state index contributed by atoms with van der Waals surface area (Å²) in [6.45, 7) is 6.89. The molecular formula is C17H20BrNO. The van der Waals surface area contributed by atoms with E-state index >= 15 is 0 Å². The smallest absolute Gasteiger partial charge is 0.123 e. The molecule has 0 saturated heterocycles. The fourth-order valence-electron chi connectivity index (χ4n) is 2.01. The highest BCUT2D eigenvalue weighted by atomic mass is 79.9. The van der Waals surface area contributed by atoms with Gasteiger partial charge in [0.25, 0.3) is 0 Å². The highest BCUT2D eigenvalue weighted by Crippen LogP contribution is 2.28. The molecule has 106 valence electrons. The lowest BCUT2D eigenvalue weighted by Crippen LogP contribution is -2.02. The zero-order valence-electron chi connectivity index (χ0n) is 12.1. The monoisotopic (exact) mass is 333 g/mol. The number of anilines is 1. The van der Waals surface area contributed by atoms with Crippen LogP contribution in [-0.4, -0.2) is 0 Å². The molecule has 2 rings (SSSR count). The first-order chi connectivity index (χ1) is 9.49. The molecule has 0 atom stereocenters.